The number of pyridine rings is 1. The maximum Gasteiger partial charge on any atom is 0.266 e. The molecule has 2 aromatic heterocycles. The summed E-state index contributed by atoms with van der Waals surface area (Å²) in [5.41, 5.74) is 6.23. The normalized spacial score (nSPS) is 22.0. The van der Waals surface area contributed by atoms with E-state index in [1.807, 2.05) is 0 Å². The van der Waals surface area contributed by atoms with Gasteiger partial charge >= 0.3 is 0 Å². The van der Waals surface area contributed by atoms with E-state index >= 15 is 0 Å². The van der Waals surface area contributed by atoms with Gasteiger partial charge in [0.25, 0.3) is 5.91 Å². The first kappa shape index (κ1) is 22.0. The Hall–Kier alpha value is -2.17. The predicted molar refractivity (Wildman–Crippen MR) is 122 cm³/mol. The molecule has 166 valence electrons. The Balaban J connectivity index is 1.59. The number of anilines is 1. The second kappa shape index (κ2) is 8.40. The number of carbonyl (C=O) groups excluding carboxylic acids is 1. The van der Waals surface area contributed by atoms with Crippen LogP contribution in [0.3, 0.4) is 0 Å². The molecule has 0 saturated heterocycles. The number of aliphatic imine (C=N–C) groups is 1. The van der Waals surface area contributed by atoms with Gasteiger partial charge in [0.2, 0.25) is 5.88 Å². The van der Waals surface area contributed by atoms with Gasteiger partial charge in [0, 0.05) is 10.9 Å². The molecule has 1 spiro atoms. The van der Waals surface area contributed by atoms with Gasteiger partial charge in [-0.25, -0.2) is 8.42 Å². The molecule has 1 fully saturated rings. The smallest absolute Gasteiger partial charge is 0.266 e. The molecule has 11 heteroatoms. The number of rotatable bonds is 4. The number of halogens is 1. The van der Waals surface area contributed by atoms with Gasteiger partial charge in [0.15, 0.2) is 9.84 Å². The Morgan fingerprint density at radius 1 is 1.32 bits per heavy atom. The SMILES string of the molecule is COc1cccc(NC(=O)c2cc(Cl)c(C3CS(=O)(=O)C4(CCCCC4)C(N)=N3)s2)n1. The van der Waals surface area contributed by atoms with Crippen molar-refractivity contribution in [2.45, 2.75) is 42.9 Å². The van der Waals surface area contributed by atoms with Crippen LogP contribution in [0.1, 0.15) is 52.7 Å². The Morgan fingerprint density at radius 2 is 2.06 bits per heavy atom. The zero-order valence-corrected chi connectivity index (χ0v) is 19.3. The standard InChI is InChI=1S/C20H23ClN4O4S2/c1-29-16-7-5-6-15(24-16)25-18(26)14-10-12(21)17(30-14)13-11-31(27,28)20(19(22)23-13)8-3-2-4-9-20/h5-7,10,13H,2-4,8-9,11H2,1H3,(H2,22,23)(H,24,25,26). The van der Waals surface area contributed by atoms with Crippen molar-refractivity contribution >= 4 is 50.3 Å². The second-order valence-electron chi connectivity index (χ2n) is 7.71. The van der Waals surface area contributed by atoms with Crippen LogP contribution in [0.25, 0.3) is 0 Å². The largest absolute Gasteiger partial charge is 0.481 e. The molecule has 8 nitrogen and oxygen atoms in total. The molecule has 1 atom stereocenters. The van der Waals surface area contributed by atoms with Gasteiger partial charge in [0.05, 0.1) is 22.8 Å². The minimum absolute atomic E-state index is 0.160. The minimum atomic E-state index is -3.51. The number of hydrogen-bond donors (Lipinski definition) is 2. The van der Waals surface area contributed by atoms with E-state index in [1.165, 1.54) is 13.2 Å². The third kappa shape index (κ3) is 4.04. The number of carbonyl (C=O) groups is 1. The van der Waals surface area contributed by atoms with Crippen LogP contribution in [0.5, 0.6) is 5.88 Å². The Bertz CT molecular complexity index is 1140. The summed E-state index contributed by atoms with van der Waals surface area (Å²) in [4.78, 5) is 22.2. The molecular weight excluding hydrogens is 460 g/mol. The fraction of sp³-hybridized carbons (Fsp3) is 0.450. The number of ether oxygens (including phenoxy) is 1. The van der Waals surface area contributed by atoms with Crippen LogP contribution < -0.4 is 15.8 Å². The summed E-state index contributed by atoms with van der Waals surface area (Å²) in [7, 11) is -2.02. The van der Waals surface area contributed by atoms with Crippen LogP contribution in [0, 0.1) is 0 Å². The molecule has 2 aromatic rings. The average molecular weight is 483 g/mol. The molecule has 1 aliphatic carbocycles. The number of nitrogens with one attached hydrogen (secondary N) is 1. The van der Waals surface area contributed by atoms with E-state index in [-0.39, 0.29) is 11.6 Å². The van der Waals surface area contributed by atoms with Crippen molar-refractivity contribution in [1.29, 1.82) is 0 Å². The molecule has 0 radical (unpaired) electrons. The van der Waals surface area contributed by atoms with Crippen molar-refractivity contribution in [2.24, 2.45) is 10.7 Å². The van der Waals surface area contributed by atoms with E-state index in [1.54, 1.807) is 18.2 Å². The third-order valence-corrected chi connectivity index (χ3v) is 10.0. The zero-order chi connectivity index (χ0) is 22.2. The van der Waals surface area contributed by atoms with E-state index in [0.29, 0.717) is 39.3 Å². The number of nitrogens with two attached hydrogens (primary N) is 1. The van der Waals surface area contributed by atoms with Gasteiger partial charge in [-0.1, -0.05) is 36.9 Å². The Morgan fingerprint density at radius 3 is 2.74 bits per heavy atom. The number of thiophene rings is 1. The van der Waals surface area contributed by atoms with Gasteiger partial charge < -0.3 is 15.8 Å². The van der Waals surface area contributed by atoms with E-state index in [2.05, 4.69) is 15.3 Å². The number of aromatic nitrogens is 1. The lowest BCUT2D eigenvalue weighted by molar-refractivity contribution is 0.103. The molecule has 1 saturated carbocycles. The summed E-state index contributed by atoms with van der Waals surface area (Å²) in [5.74, 6) is 0.304. The lowest BCUT2D eigenvalue weighted by Crippen LogP contribution is -2.55. The van der Waals surface area contributed by atoms with E-state index < -0.39 is 26.5 Å². The fourth-order valence-corrected chi connectivity index (χ4v) is 7.94. The summed E-state index contributed by atoms with van der Waals surface area (Å²) in [5, 5.41) is 2.99. The molecule has 3 N–H and O–H groups in total. The number of methoxy groups -OCH3 is 1. The van der Waals surface area contributed by atoms with Crippen molar-refractivity contribution in [1.82, 2.24) is 4.98 Å². The zero-order valence-electron chi connectivity index (χ0n) is 16.9. The van der Waals surface area contributed by atoms with Gasteiger partial charge in [0.1, 0.15) is 22.4 Å². The first-order valence-electron chi connectivity index (χ1n) is 9.93. The van der Waals surface area contributed by atoms with Crippen molar-refractivity contribution in [3.63, 3.8) is 0 Å². The summed E-state index contributed by atoms with van der Waals surface area (Å²) in [6, 6.07) is 5.81. The molecule has 3 heterocycles. The van der Waals surface area contributed by atoms with Crippen molar-refractivity contribution in [3.8, 4) is 5.88 Å². The minimum Gasteiger partial charge on any atom is -0.481 e. The summed E-state index contributed by atoms with van der Waals surface area (Å²) >= 11 is 7.49. The lowest BCUT2D eigenvalue weighted by atomic mass is 9.87. The van der Waals surface area contributed by atoms with E-state index in [4.69, 9.17) is 22.1 Å². The molecule has 0 aromatic carbocycles. The summed E-state index contributed by atoms with van der Waals surface area (Å²) in [6.45, 7) is 0. The van der Waals surface area contributed by atoms with E-state index in [9.17, 15) is 13.2 Å². The highest BCUT2D eigenvalue weighted by Gasteiger charge is 2.51. The number of sulfone groups is 1. The van der Waals surface area contributed by atoms with Gasteiger partial charge in [-0.2, -0.15) is 4.98 Å². The monoisotopic (exact) mass is 482 g/mol. The quantitative estimate of drug-likeness (QED) is 0.686. The van der Waals surface area contributed by atoms with Crippen LogP contribution in [0.15, 0.2) is 29.3 Å². The van der Waals surface area contributed by atoms with Gasteiger partial charge in [-0.3, -0.25) is 9.79 Å². The van der Waals surface area contributed by atoms with Crippen LogP contribution in [0.4, 0.5) is 5.82 Å². The van der Waals surface area contributed by atoms with Crippen LogP contribution >= 0.6 is 22.9 Å². The fourth-order valence-electron chi connectivity index (χ4n) is 4.17. The lowest BCUT2D eigenvalue weighted by Gasteiger charge is -2.40. The Labute approximate surface area is 189 Å². The maximum absolute atomic E-state index is 13.2. The van der Waals surface area contributed by atoms with Crippen molar-refractivity contribution in [2.75, 3.05) is 18.2 Å². The Kier molecular flexibility index (Phi) is 5.97. The predicted octanol–water partition coefficient (Wildman–Crippen LogP) is 3.59. The molecule has 1 amide bonds. The molecule has 1 unspecified atom stereocenters. The summed E-state index contributed by atoms with van der Waals surface area (Å²) in [6.07, 6.45) is 3.67. The molecule has 0 bridgehead atoms. The molecule has 4 rings (SSSR count). The van der Waals surface area contributed by atoms with Gasteiger partial charge in [-0.15, -0.1) is 11.3 Å². The number of hydrogen-bond acceptors (Lipinski definition) is 8. The number of nitrogens with zero attached hydrogens (tertiary/aromatic N) is 2. The van der Waals surface area contributed by atoms with Crippen molar-refractivity contribution in [3.05, 3.63) is 39.0 Å². The van der Waals surface area contributed by atoms with Crippen molar-refractivity contribution < 1.29 is 17.9 Å². The first-order chi connectivity index (χ1) is 14.8. The third-order valence-electron chi connectivity index (χ3n) is 5.81. The number of amides is 1. The molecule has 1 aliphatic heterocycles. The van der Waals surface area contributed by atoms with E-state index in [0.717, 1.165) is 30.6 Å². The highest BCUT2D eigenvalue weighted by molar-refractivity contribution is 7.93. The second-order valence-corrected chi connectivity index (χ2v) is 11.5. The van der Waals surface area contributed by atoms with Gasteiger partial charge in [-0.05, 0) is 25.0 Å². The molecule has 31 heavy (non-hydrogen) atoms. The summed E-state index contributed by atoms with van der Waals surface area (Å²) < 4.78 is 30.4. The maximum atomic E-state index is 13.2. The highest BCUT2D eigenvalue weighted by atomic mass is 35.5. The van der Waals surface area contributed by atoms with Crippen LogP contribution in [-0.2, 0) is 9.84 Å². The van der Waals surface area contributed by atoms with Crippen LogP contribution in [0.2, 0.25) is 5.02 Å². The molecule has 2 aliphatic rings. The average Bonchev–Trinajstić information content (AvgIpc) is 3.14. The topological polar surface area (TPSA) is 124 Å². The number of amidine groups is 1. The van der Waals surface area contributed by atoms with Crippen LogP contribution in [-0.4, -0.2) is 42.8 Å². The first-order valence-corrected chi connectivity index (χ1v) is 12.8. The molecular formula is C20H23ClN4O4S2. The highest BCUT2D eigenvalue weighted by Crippen LogP contribution is 2.44.